The van der Waals surface area contributed by atoms with E-state index in [0.717, 1.165) is 25.7 Å². The SMILES string of the molecule is O=C(NC1CC1)c1nn(C(=O)C2CC2)c2ncccc12. The zero-order chi connectivity index (χ0) is 13.7. The van der Waals surface area contributed by atoms with Crippen molar-refractivity contribution in [3.8, 4) is 0 Å². The van der Waals surface area contributed by atoms with Crippen LogP contribution in [-0.2, 0) is 0 Å². The first-order valence-electron chi connectivity index (χ1n) is 6.93. The van der Waals surface area contributed by atoms with E-state index < -0.39 is 0 Å². The first-order chi connectivity index (χ1) is 9.74. The molecule has 6 heteroatoms. The van der Waals surface area contributed by atoms with Crippen LogP contribution in [0, 0.1) is 5.92 Å². The average Bonchev–Trinajstić information content (AvgIpc) is 3.35. The summed E-state index contributed by atoms with van der Waals surface area (Å²) in [5, 5.41) is 7.77. The van der Waals surface area contributed by atoms with Crippen molar-refractivity contribution >= 4 is 22.8 Å². The molecule has 2 aliphatic rings. The second-order valence-corrected chi connectivity index (χ2v) is 5.50. The third-order valence-corrected chi connectivity index (χ3v) is 3.71. The summed E-state index contributed by atoms with van der Waals surface area (Å²) in [4.78, 5) is 28.6. The molecule has 0 unspecified atom stereocenters. The predicted molar refractivity (Wildman–Crippen MR) is 71.4 cm³/mol. The zero-order valence-corrected chi connectivity index (χ0v) is 10.9. The summed E-state index contributed by atoms with van der Waals surface area (Å²) in [5.41, 5.74) is 0.777. The second-order valence-electron chi connectivity index (χ2n) is 5.50. The van der Waals surface area contributed by atoms with Gasteiger partial charge in [0.15, 0.2) is 11.3 Å². The van der Waals surface area contributed by atoms with Crippen LogP contribution in [-0.4, -0.2) is 32.6 Å². The van der Waals surface area contributed by atoms with Crippen molar-refractivity contribution in [2.45, 2.75) is 31.7 Å². The van der Waals surface area contributed by atoms with Gasteiger partial charge in [0.05, 0.1) is 5.39 Å². The van der Waals surface area contributed by atoms with Crippen LogP contribution in [0.25, 0.3) is 11.0 Å². The van der Waals surface area contributed by atoms with E-state index in [-0.39, 0.29) is 23.8 Å². The monoisotopic (exact) mass is 270 g/mol. The summed E-state index contributed by atoms with van der Waals surface area (Å²) in [6.45, 7) is 0. The third kappa shape index (κ3) is 1.88. The fourth-order valence-corrected chi connectivity index (χ4v) is 2.26. The van der Waals surface area contributed by atoms with E-state index in [1.807, 2.05) is 0 Å². The summed E-state index contributed by atoms with van der Waals surface area (Å²) >= 11 is 0. The fourth-order valence-electron chi connectivity index (χ4n) is 2.26. The molecular weight excluding hydrogens is 256 g/mol. The highest BCUT2D eigenvalue weighted by Crippen LogP contribution is 2.31. The van der Waals surface area contributed by atoms with Crippen LogP contribution in [0.1, 0.15) is 41.0 Å². The molecule has 2 aromatic heterocycles. The van der Waals surface area contributed by atoms with Gasteiger partial charge in [-0.3, -0.25) is 9.59 Å². The Kier molecular flexibility index (Phi) is 2.39. The van der Waals surface area contributed by atoms with E-state index in [1.54, 1.807) is 18.3 Å². The van der Waals surface area contributed by atoms with Crippen LogP contribution in [0.5, 0.6) is 0 Å². The predicted octanol–water partition coefficient (Wildman–Crippen LogP) is 1.37. The lowest BCUT2D eigenvalue weighted by Gasteiger charge is -1.99. The lowest BCUT2D eigenvalue weighted by Crippen LogP contribution is -2.26. The van der Waals surface area contributed by atoms with Crippen molar-refractivity contribution in [1.82, 2.24) is 20.1 Å². The molecule has 0 saturated heterocycles. The number of nitrogens with zero attached hydrogens (tertiary/aromatic N) is 3. The van der Waals surface area contributed by atoms with Gasteiger partial charge >= 0.3 is 0 Å². The number of rotatable bonds is 3. The lowest BCUT2D eigenvalue weighted by molar-refractivity contribution is 0.0873. The topological polar surface area (TPSA) is 76.9 Å². The molecule has 0 bridgehead atoms. The number of nitrogens with one attached hydrogen (secondary N) is 1. The van der Waals surface area contributed by atoms with Gasteiger partial charge in [-0.25, -0.2) is 4.98 Å². The van der Waals surface area contributed by atoms with Crippen LogP contribution in [0.2, 0.25) is 0 Å². The Hall–Kier alpha value is -2.24. The fraction of sp³-hybridized carbons (Fsp3) is 0.429. The van der Waals surface area contributed by atoms with Crippen LogP contribution in [0.3, 0.4) is 0 Å². The standard InChI is InChI=1S/C14H14N4O2/c19-13(16-9-5-6-9)11-10-2-1-7-15-12(10)18(17-11)14(20)8-3-4-8/h1-2,7-9H,3-6H2,(H,16,19). The van der Waals surface area contributed by atoms with E-state index >= 15 is 0 Å². The van der Waals surface area contributed by atoms with E-state index in [1.165, 1.54) is 4.68 Å². The smallest absolute Gasteiger partial charge is 0.272 e. The van der Waals surface area contributed by atoms with Crippen molar-refractivity contribution in [2.24, 2.45) is 5.92 Å². The molecule has 102 valence electrons. The first kappa shape index (κ1) is 11.6. The minimum absolute atomic E-state index is 0.0412. The molecule has 2 saturated carbocycles. The van der Waals surface area contributed by atoms with Gasteiger partial charge in [-0.15, -0.1) is 0 Å². The number of carbonyl (C=O) groups is 2. The lowest BCUT2D eigenvalue weighted by atomic mass is 10.2. The van der Waals surface area contributed by atoms with Gasteiger partial charge in [-0.2, -0.15) is 9.78 Å². The van der Waals surface area contributed by atoms with Crippen molar-refractivity contribution in [3.05, 3.63) is 24.0 Å². The van der Waals surface area contributed by atoms with Gasteiger partial charge in [-0.1, -0.05) is 0 Å². The number of pyridine rings is 1. The molecular formula is C14H14N4O2. The molecule has 2 fully saturated rings. The molecule has 0 aliphatic heterocycles. The summed E-state index contributed by atoms with van der Waals surface area (Å²) in [6.07, 6.45) is 5.45. The van der Waals surface area contributed by atoms with E-state index in [2.05, 4.69) is 15.4 Å². The number of aromatic nitrogens is 3. The summed E-state index contributed by atoms with van der Waals surface area (Å²) in [5.74, 6) is -0.230. The number of fused-ring (bicyclic) bond motifs is 1. The van der Waals surface area contributed by atoms with Gasteiger partial charge < -0.3 is 5.32 Å². The van der Waals surface area contributed by atoms with Crippen LogP contribution in [0.15, 0.2) is 18.3 Å². The van der Waals surface area contributed by atoms with Gasteiger partial charge in [-0.05, 0) is 37.8 Å². The Morgan fingerprint density at radius 1 is 1.25 bits per heavy atom. The molecule has 0 spiro atoms. The summed E-state index contributed by atoms with van der Waals surface area (Å²) in [6, 6.07) is 3.80. The van der Waals surface area contributed by atoms with Gasteiger partial charge in [0.25, 0.3) is 11.8 Å². The van der Waals surface area contributed by atoms with E-state index in [9.17, 15) is 9.59 Å². The number of amides is 1. The minimum atomic E-state index is -0.215. The first-order valence-corrected chi connectivity index (χ1v) is 6.93. The Labute approximate surface area is 115 Å². The van der Waals surface area contributed by atoms with Crippen molar-refractivity contribution < 1.29 is 9.59 Å². The van der Waals surface area contributed by atoms with Gasteiger partial charge in [0.2, 0.25) is 0 Å². The quantitative estimate of drug-likeness (QED) is 0.914. The van der Waals surface area contributed by atoms with Crippen LogP contribution >= 0.6 is 0 Å². The second kappa shape index (κ2) is 4.13. The molecule has 2 aromatic rings. The van der Waals surface area contributed by atoms with E-state index in [4.69, 9.17) is 0 Å². The number of hydrogen-bond acceptors (Lipinski definition) is 4. The van der Waals surface area contributed by atoms with E-state index in [0.29, 0.717) is 16.7 Å². The van der Waals surface area contributed by atoms with Crippen LogP contribution in [0.4, 0.5) is 0 Å². The van der Waals surface area contributed by atoms with Crippen molar-refractivity contribution in [2.75, 3.05) is 0 Å². The maximum absolute atomic E-state index is 12.2. The zero-order valence-electron chi connectivity index (χ0n) is 10.9. The Morgan fingerprint density at radius 2 is 2.05 bits per heavy atom. The number of hydrogen-bond donors (Lipinski definition) is 1. The molecule has 2 aliphatic carbocycles. The molecule has 1 N–H and O–H groups in total. The Morgan fingerprint density at radius 3 is 2.75 bits per heavy atom. The normalized spacial score (nSPS) is 18.2. The molecule has 0 aromatic carbocycles. The number of carbonyl (C=O) groups excluding carboxylic acids is 2. The highest BCUT2D eigenvalue weighted by Gasteiger charge is 2.34. The van der Waals surface area contributed by atoms with Gasteiger partial charge in [0, 0.05) is 18.2 Å². The van der Waals surface area contributed by atoms with Gasteiger partial charge in [0.1, 0.15) is 0 Å². The molecule has 0 radical (unpaired) electrons. The van der Waals surface area contributed by atoms with Crippen LogP contribution < -0.4 is 5.32 Å². The third-order valence-electron chi connectivity index (χ3n) is 3.71. The molecule has 0 atom stereocenters. The average molecular weight is 270 g/mol. The highest BCUT2D eigenvalue weighted by atomic mass is 16.2. The minimum Gasteiger partial charge on any atom is -0.348 e. The highest BCUT2D eigenvalue weighted by molar-refractivity contribution is 6.06. The summed E-state index contributed by atoms with van der Waals surface area (Å²) in [7, 11) is 0. The molecule has 1 amide bonds. The Balaban J connectivity index is 1.79. The molecule has 6 nitrogen and oxygen atoms in total. The molecule has 20 heavy (non-hydrogen) atoms. The van der Waals surface area contributed by atoms with Crippen molar-refractivity contribution in [1.29, 1.82) is 0 Å². The largest absolute Gasteiger partial charge is 0.348 e. The Bertz CT molecular complexity index is 713. The maximum Gasteiger partial charge on any atom is 0.272 e. The van der Waals surface area contributed by atoms with Crippen molar-refractivity contribution in [3.63, 3.8) is 0 Å². The molecule has 4 rings (SSSR count). The maximum atomic E-state index is 12.2. The summed E-state index contributed by atoms with van der Waals surface area (Å²) < 4.78 is 1.30. The molecule has 2 heterocycles.